The molecular formula is C24H31O9-. The van der Waals surface area contributed by atoms with Crippen molar-refractivity contribution in [2.75, 3.05) is 0 Å². The van der Waals surface area contributed by atoms with E-state index in [1.165, 1.54) is 11.1 Å². The van der Waals surface area contributed by atoms with Gasteiger partial charge >= 0.3 is 0 Å². The van der Waals surface area contributed by atoms with E-state index in [-0.39, 0.29) is 11.7 Å². The van der Waals surface area contributed by atoms with Gasteiger partial charge in [0, 0.05) is 0 Å². The lowest BCUT2D eigenvalue weighted by Crippen LogP contribution is -2.63. The van der Waals surface area contributed by atoms with Crippen LogP contribution in [0.1, 0.15) is 49.7 Å². The Morgan fingerprint density at radius 2 is 1.91 bits per heavy atom. The number of hydrogen-bond acceptors (Lipinski definition) is 9. The molecule has 0 amide bonds. The zero-order chi connectivity index (χ0) is 23.7. The summed E-state index contributed by atoms with van der Waals surface area (Å²) in [5, 5.41) is 62.5. The van der Waals surface area contributed by atoms with Crippen LogP contribution in [0.25, 0.3) is 0 Å². The maximum atomic E-state index is 11.3. The lowest BCUT2D eigenvalue weighted by Gasteiger charge is -2.51. The number of aryl methyl sites for hydroxylation is 1. The van der Waals surface area contributed by atoms with Crippen molar-refractivity contribution in [2.24, 2.45) is 17.3 Å². The van der Waals surface area contributed by atoms with Crippen LogP contribution in [-0.2, 0) is 20.7 Å². The smallest absolute Gasteiger partial charge is 0.187 e. The van der Waals surface area contributed by atoms with Crippen molar-refractivity contribution >= 4 is 5.97 Å². The SMILES string of the molecule is C[C@]12CC[C@@H]3c4ccc(O)cc4CC[C@H]3[C@@H]1C[C@@H](O)[C@H]2O[C@@H]1O[C@H](C(=O)[O-])[C@@H](O)[C@H](O)[C@H]1O. The molecule has 0 unspecified atom stereocenters. The number of benzene rings is 1. The van der Waals surface area contributed by atoms with Crippen LogP contribution in [-0.4, -0.2) is 74.4 Å². The number of carboxylic acid groups (broad SMARTS) is 1. The molecular weight excluding hydrogens is 432 g/mol. The van der Waals surface area contributed by atoms with E-state index >= 15 is 0 Å². The fourth-order valence-corrected chi connectivity index (χ4v) is 7.08. The number of phenols is 1. The number of aliphatic hydroxyl groups is 4. The number of ether oxygens (including phenoxy) is 2. The summed E-state index contributed by atoms with van der Waals surface area (Å²) < 4.78 is 11.3. The fraction of sp³-hybridized carbons (Fsp3) is 0.708. The lowest BCUT2D eigenvalue weighted by atomic mass is 9.55. The minimum Gasteiger partial charge on any atom is -0.547 e. The molecule has 9 nitrogen and oxygen atoms in total. The zero-order valence-electron chi connectivity index (χ0n) is 18.4. The molecule has 1 saturated heterocycles. The molecule has 1 heterocycles. The van der Waals surface area contributed by atoms with Gasteiger partial charge in [-0.1, -0.05) is 13.0 Å². The minimum absolute atomic E-state index is 0.145. The number of rotatable bonds is 3. The standard InChI is InChI=1S/C24H32O9/c1-24-7-6-13-12-5-3-11(25)8-10(12)2-4-14(13)15(24)9-16(26)21(24)33-23-19(29)17(27)18(28)20(32-23)22(30)31/h3,5,8,13-21,23,25-29H,2,4,6-7,9H2,1H3,(H,30,31)/p-1/t13-,14-,15+,16-,17+,18+,19-,20+,21-,23+,24+/m1/s1. The van der Waals surface area contributed by atoms with Gasteiger partial charge in [-0.3, -0.25) is 0 Å². The molecule has 1 aromatic rings. The average Bonchev–Trinajstić information content (AvgIpc) is 3.03. The van der Waals surface area contributed by atoms with Crippen LogP contribution < -0.4 is 5.11 Å². The normalized spacial score (nSPS) is 46.8. The van der Waals surface area contributed by atoms with Crippen LogP contribution in [0.5, 0.6) is 5.75 Å². The third kappa shape index (κ3) is 3.57. The molecule has 182 valence electrons. The molecule has 0 bridgehead atoms. The average molecular weight is 464 g/mol. The predicted octanol–water partition coefficient (Wildman–Crippen LogP) is -0.838. The van der Waals surface area contributed by atoms with Crippen LogP contribution in [0, 0.1) is 17.3 Å². The molecule has 0 radical (unpaired) electrons. The van der Waals surface area contributed by atoms with Gasteiger partial charge in [0.2, 0.25) is 0 Å². The van der Waals surface area contributed by atoms with Gasteiger partial charge in [-0.2, -0.15) is 0 Å². The molecule has 3 aliphatic carbocycles. The minimum atomic E-state index is -1.85. The number of hydrogen-bond donors (Lipinski definition) is 5. The number of carbonyl (C=O) groups excluding carboxylic acids is 1. The van der Waals surface area contributed by atoms with Gasteiger partial charge in [0.25, 0.3) is 0 Å². The highest BCUT2D eigenvalue weighted by atomic mass is 16.7. The summed E-state index contributed by atoms with van der Waals surface area (Å²) in [6.07, 6.45) is -6.33. The number of carbonyl (C=O) groups is 1. The van der Waals surface area contributed by atoms with Crippen LogP contribution in [0.15, 0.2) is 18.2 Å². The second-order valence-corrected chi connectivity index (χ2v) is 10.4. The van der Waals surface area contributed by atoms with E-state index in [9.17, 15) is 35.4 Å². The van der Waals surface area contributed by atoms with Crippen molar-refractivity contribution in [2.45, 2.75) is 87.9 Å². The van der Waals surface area contributed by atoms with Gasteiger partial charge in [-0.05, 0) is 78.5 Å². The summed E-state index contributed by atoms with van der Waals surface area (Å²) in [5.74, 6) is -0.651. The third-order valence-electron chi connectivity index (χ3n) is 8.73. The fourth-order valence-electron chi connectivity index (χ4n) is 7.08. The first-order chi connectivity index (χ1) is 15.6. The van der Waals surface area contributed by atoms with Gasteiger partial charge in [0.15, 0.2) is 6.29 Å². The Labute approximate surface area is 191 Å². The van der Waals surface area contributed by atoms with Crippen molar-refractivity contribution in [3.8, 4) is 5.75 Å². The molecule has 0 spiro atoms. The van der Waals surface area contributed by atoms with Crippen LogP contribution in [0.2, 0.25) is 0 Å². The Hall–Kier alpha value is -1.75. The number of phenolic OH excluding ortho intramolecular Hbond substituents is 1. The number of aliphatic hydroxyl groups excluding tert-OH is 4. The maximum absolute atomic E-state index is 11.3. The summed E-state index contributed by atoms with van der Waals surface area (Å²) >= 11 is 0. The molecule has 33 heavy (non-hydrogen) atoms. The van der Waals surface area contributed by atoms with Gasteiger partial charge < -0.3 is 44.9 Å². The number of fused-ring (bicyclic) bond motifs is 5. The van der Waals surface area contributed by atoms with Crippen LogP contribution >= 0.6 is 0 Å². The molecule has 2 saturated carbocycles. The predicted molar refractivity (Wildman–Crippen MR) is 111 cm³/mol. The third-order valence-corrected chi connectivity index (χ3v) is 8.73. The summed E-state index contributed by atoms with van der Waals surface area (Å²) in [7, 11) is 0. The molecule has 5 rings (SSSR count). The Bertz CT molecular complexity index is 921. The lowest BCUT2D eigenvalue weighted by molar-refractivity contribution is -0.357. The van der Waals surface area contributed by atoms with Crippen molar-refractivity contribution in [1.82, 2.24) is 0 Å². The van der Waals surface area contributed by atoms with Gasteiger partial charge in [-0.25, -0.2) is 0 Å². The molecule has 11 atom stereocenters. The first kappa shape index (κ1) is 23.0. The first-order valence-corrected chi connectivity index (χ1v) is 11.7. The number of carboxylic acids is 1. The van der Waals surface area contributed by atoms with E-state index in [2.05, 4.69) is 6.92 Å². The maximum Gasteiger partial charge on any atom is 0.187 e. The Kier molecular flexibility index (Phi) is 5.70. The molecule has 5 N–H and O–H groups in total. The quantitative estimate of drug-likeness (QED) is 0.385. The van der Waals surface area contributed by atoms with E-state index in [4.69, 9.17) is 9.47 Å². The second-order valence-electron chi connectivity index (χ2n) is 10.4. The van der Waals surface area contributed by atoms with Crippen LogP contribution in [0.4, 0.5) is 0 Å². The summed E-state index contributed by atoms with van der Waals surface area (Å²) in [4.78, 5) is 11.3. The monoisotopic (exact) mass is 463 g/mol. The molecule has 3 fully saturated rings. The molecule has 0 aromatic heterocycles. The van der Waals surface area contributed by atoms with Gasteiger partial charge in [-0.15, -0.1) is 0 Å². The van der Waals surface area contributed by atoms with E-state index in [1.54, 1.807) is 6.07 Å². The van der Waals surface area contributed by atoms with Gasteiger partial charge in [0.1, 0.15) is 30.2 Å². The molecule has 9 heteroatoms. The highest BCUT2D eigenvalue weighted by Crippen LogP contribution is 2.62. The van der Waals surface area contributed by atoms with Crippen molar-refractivity contribution in [1.29, 1.82) is 0 Å². The zero-order valence-corrected chi connectivity index (χ0v) is 18.4. The van der Waals surface area contributed by atoms with Crippen molar-refractivity contribution < 1.29 is 44.9 Å². The van der Waals surface area contributed by atoms with E-state index in [0.29, 0.717) is 18.3 Å². The molecule has 1 aromatic carbocycles. The summed E-state index contributed by atoms with van der Waals surface area (Å²) in [6.45, 7) is 2.05. The second kappa shape index (κ2) is 8.18. The Morgan fingerprint density at radius 1 is 1.15 bits per heavy atom. The van der Waals surface area contributed by atoms with Gasteiger partial charge in [0.05, 0.1) is 18.2 Å². The highest BCUT2D eigenvalue weighted by molar-refractivity contribution is 5.71. The Balaban J connectivity index is 1.38. The number of aliphatic carboxylic acids is 1. The number of aromatic hydroxyl groups is 1. The highest BCUT2D eigenvalue weighted by Gasteiger charge is 2.60. The van der Waals surface area contributed by atoms with Crippen molar-refractivity contribution in [3.63, 3.8) is 0 Å². The summed E-state index contributed by atoms with van der Waals surface area (Å²) in [5.41, 5.74) is 1.99. The Morgan fingerprint density at radius 3 is 2.64 bits per heavy atom. The largest absolute Gasteiger partial charge is 0.547 e. The summed E-state index contributed by atoms with van der Waals surface area (Å²) in [6, 6.07) is 5.56. The molecule has 1 aliphatic heterocycles. The van der Waals surface area contributed by atoms with Crippen LogP contribution in [0.3, 0.4) is 0 Å². The van der Waals surface area contributed by atoms with Crippen molar-refractivity contribution in [3.05, 3.63) is 29.3 Å². The van der Waals surface area contributed by atoms with E-state index < -0.39 is 54.3 Å². The topological polar surface area (TPSA) is 160 Å². The van der Waals surface area contributed by atoms with E-state index in [0.717, 1.165) is 25.7 Å². The first-order valence-electron chi connectivity index (χ1n) is 11.7. The van der Waals surface area contributed by atoms with E-state index in [1.807, 2.05) is 12.1 Å². The molecule has 4 aliphatic rings.